The maximum Gasteiger partial charge on any atom is 0.222 e. The van der Waals surface area contributed by atoms with E-state index in [9.17, 15) is 0 Å². The number of hydrogen-bond donors (Lipinski definition) is 0. The zero-order valence-corrected chi connectivity index (χ0v) is 13.2. The Balaban J connectivity index is 1.73. The Morgan fingerprint density at radius 2 is 1.58 bits per heavy atom. The fraction of sp³-hybridized carbons (Fsp3) is 0.0500. The monoisotopic (exact) mass is 313 g/mol. The molecule has 0 amide bonds. The third-order valence-corrected chi connectivity index (χ3v) is 3.73. The van der Waals surface area contributed by atoms with Gasteiger partial charge in [-0.2, -0.15) is 0 Å². The molecular formula is C20H15N3O. The van der Waals surface area contributed by atoms with E-state index < -0.39 is 0 Å². The van der Waals surface area contributed by atoms with Crippen molar-refractivity contribution in [2.45, 2.75) is 6.92 Å². The van der Waals surface area contributed by atoms with Gasteiger partial charge in [-0.05, 0) is 31.2 Å². The molecule has 0 aliphatic heterocycles. The highest BCUT2D eigenvalue weighted by atomic mass is 16.5. The molecule has 2 aromatic heterocycles. The van der Waals surface area contributed by atoms with Gasteiger partial charge < -0.3 is 4.74 Å². The molecule has 0 spiro atoms. The van der Waals surface area contributed by atoms with Crippen molar-refractivity contribution >= 4 is 10.9 Å². The molecule has 2 aromatic carbocycles. The van der Waals surface area contributed by atoms with Crippen LogP contribution in [0.15, 0.2) is 72.9 Å². The summed E-state index contributed by atoms with van der Waals surface area (Å²) in [7, 11) is 0. The van der Waals surface area contributed by atoms with Gasteiger partial charge in [0.2, 0.25) is 5.88 Å². The van der Waals surface area contributed by atoms with E-state index in [-0.39, 0.29) is 0 Å². The molecular weight excluding hydrogens is 298 g/mol. The lowest BCUT2D eigenvalue weighted by Gasteiger charge is -2.09. The summed E-state index contributed by atoms with van der Waals surface area (Å²) in [6.07, 6.45) is 1.82. The fourth-order valence-corrected chi connectivity index (χ4v) is 2.43. The summed E-state index contributed by atoms with van der Waals surface area (Å²) in [5, 5.41) is 1.01. The van der Waals surface area contributed by atoms with Crippen molar-refractivity contribution in [1.82, 2.24) is 15.0 Å². The normalized spacial score (nSPS) is 10.7. The molecule has 4 aromatic rings. The molecule has 0 bridgehead atoms. The van der Waals surface area contributed by atoms with Gasteiger partial charge in [0.1, 0.15) is 11.4 Å². The molecule has 0 aliphatic carbocycles. The largest absolute Gasteiger partial charge is 0.439 e. The highest BCUT2D eigenvalue weighted by molar-refractivity contribution is 5.79. The summed E-state index contributed by atoms with van der Waals surface area (Å²) in [6, 6.07) is 21.4. The van der Waals surface area contributed by atoms with Crippen LogP contribution in [0.4, 0.5) is 0 Å². The summed E-state index contributed by atoms with van der Waals surface area (Å²) >= 11 is 0. The van der Waals surface area contributed by atoms with E-state index in [2.05, 4.69) is 15.0 Å². The first-order chi connectivity index (χ1) is 11.8. The lowest BCUT2D eigenvalue weighted by Crippen LogP contribution is -1.96. The van der Waals surface area contributed by atoms with Crippen LogP contribution < -0.4 is 4.74 Å². The highest BCUT2D eigenvalue weighted by Crippen LogP contribution is 2.26. The summed E-state index contributed by atoms with van der Waals surface area (Å²) in [5.74, 6) is 1.91. The van der Waals surface area contributed by atoms with Crippen molar-refractivity contribution in [2.24, 2.45) is 0 Å². The second-order valence-electron chi connectivity index (χ2n) is 5.49. The molecule has 4 nitrogen and oxygen atoms in total. The number of aryl methyl sites for hydroxylation is 1. The second kappa shape index (κ2) is 6.08. The Morgan fingerprint density at radius 1 is 0.792 bits per heavy atom. The fourth-order valence-electron chi connectivity index (χ4n) is 2.43. The Kier molecular flexibility index (Phi) is 3.63. The van der Waals surface area contributed by atoms with Gasteiger partial charge in [-0.3, -0.25) is 0 Å². The Labute approximate surface area is 139 Å². The van der Waals surface area contributed by atoms with Crippen molar-refractivity contribution in [3.63, 3.8) is 0 Å². The minimum atomic E-state index is 0.565. The number of rotatable bonds is 3. The first-order valence-electron chi connectivity index (χ1n) is 7.72. The number of ether oxygens (including phenoxy) is 1. The summed E-state index contributed by atoms with van der Waals surface area (Å²) in [5.41, 5.74) is 2.55. The number of hydrogen-bond acceptors (Lipinski definition) is 4. The molecule has 116 valence electrons. The number of para-hydroxylation sites is 2. The van der Waals surface area contributed by atoms with Crippen LogP contribution in [0.1, 0.15) is 5.56 Å². The number of benzene rings is 2. The lowest BCUT2D eigenvalue weighted by molar-refractivity contribution is 0.459. The SMILES string of the molecule is Cc1ccc(-c2ncc3ccccc3n2)nc1Oc1ccccc1. The molecule has 0 aliphatic rings. The highest BCUT2D eigenvalue weighted by Gasteiger charge is 2.09. The maximum absolute atomic E-state index is 5.89. The van der Waals surface area contributed by atoms with E-state index in [0.717, 1.165) is 22.2 Å². The zero-order chi connectivity index (χ0) is 16.4. The first kappa shape index (κ1) is 14.3. The van der Waals surface area contributed by atoms with E-state index >= 15 is 0 Å². The smallest absolute Gasteiger partial charge is 0.222 e. The molecule has 4 heteroatoms. The van der Waals surface area contributed by atoms with Crippen LogP contribution in [0.3, 0.4) is 0 Å². The molecule has 0 unspecified atom stereocenters. The van der Waals surface area contributed by atoms with Gasteiger partial charge >= 0.3 is 0 Å². The molecule has 2 heterocycles. The van der Waals surface area contributed by atoms with Gasteiger partial charge in [0.15, 0.2) is 5.82 Å². The van der Waals surface area contributed by atoms with Crippen LogP contribution in [0, 0.1) is 6.92 Å². The van der Waals surface area contributed by atoms with E-state index in [1.54, 1.807) is 0 Å². The quantitative estimate of drug-likeness (QED) is 0.545. The van der Waals surface area contributed by atoms with Gasteiger partial charge in [-0.25, -0.2) is 15.0 Å². The number of fused-ring (bicyclic) bond motifs is 1. The minimum absolute atomic E-state index is 0.565. The molecule has 0 fully saturated rings. The van der Waals surface area contributed by atoms with Crippen LogP contribution in [-0.4, -0.2) is 15.0 Å². The summed E-state index contributed by atoms with van der Waals surface area (Å²) in [4.78, 5) is 13.6. The average Bonchev–Trinajstić information content (AvgIpc) is 2.64. The van der Waals surface area contributed by atoms with Crippen molar-refractivity contribution < 1.29 is 4.74 Å². The minimum Gasteiger partial charge on any atom is -0.439 e. The Bertz CT molecular complexity index is 1000. The molecule has 24 heavy (non-hydrogen) atoms. The molecule has 0 saturated heterocycles. The third-order valence-electron chi connectivity index (χ3n) is 3.73. The number of nitrogens with zero attached hydrogens (tertiary/aromatic N) is 3. The van der Waals surface area contributed by atoms with Gasteiger partial charge in [-0.1, -0.05) is 42.5 Å². The molecule has 0 saturated carbocycles. The van der Waals surface area contributed by atoms with Crippen LogP contribution in [0.2, 0.25) is 0 Å². The molecule has 0 radical (unpaired) electrons. The predicted octanol–water partition coefficient (Wildman–Crippen LogP) is 4.79. The molecule has 0 N–H and O–H groups in total. The van der Waals surface area contributed by atoms with Crippen molar-refractivity contribution in [3.8, 4) is 23.1 Å². The van der Waals surface area contributed by atoms with E-state index in [1.165, 1.54) is 0 Å². The topological polar surface area (TPSA) is 47.9 Å². The van der Waals surface area contributed by atoms with E-state index in [1.807, 2.05) is 79.9 Å². The molecule has 0 atom stereocenters. The van der Waals surface area contributed by atoms with Crippen LogP contribution in [0.5, 0.6) is 11.6 Å². The molecule has 4 rings (SSSR count). The number of pyridine rings is 1. The van der Waals surface area contributed by atoms with E-state index in [0.29, 0.717) is 17.4 Å². The van der Waals surface area contributed by atoms with Crippen LogP contribution in [0.25, 0.3) is 22.4 Å². The van der Waals surface area contributed by atoms with E-state index in [4.69, 9.17) is 4.74 Å². The van der Waals surface area contributed by atoms with Crippen LogP contribution >= 0.6 is 0 Å². The van der Waals surface area contributed by atoms with Crippen molar-refractivity contribution in [1.29, 1.82) is 0 Å². The average molecular weight is 313 g/mol. The van der Waals surface area contributed by atoms with Crippen molar-refractivity contribution in [3.05, 3.63) is 78.5 Å². The maximum atomic E-state index is 5.89. The van der Waals surface area contributed by atoms with Gasteiger partial charge in [0.25, 0.3) is 0 Å². The predicted molar refractivity (Wildman–Crippen MR) is 94.0 cm³/mol. The Morgan fingerprint density at radius 3 is 2.46 bits per heavy atom. The third kappa shape index (κ3) is 2.82. The standard InChI is InChI=1S/C20H15N3O/c1-14-11-12-18(23-20(14)24-16-8-3-2-4-9-16)19-21-13-15-7-5-6-10-17(15)22-19/h2-13H,1H3. The van der Waals surface area contributed by atoms with Crippen molar-refractivity contribution in [2.75, 3.05) is 0 Å². The van der Waals surface area contributed by atoms with Gasteiger partial charge in [0.05, 0.1) is 5.52 Å². The summed E-state index contributed by atoms with van der Waals surface area (Å²) in [6.45, 7) is 1.97. The lowest BCUT2D eigenvalue weighted by atomic mass is 10.2. The second-order valence-corrected chi connectivity index (χ2v) is 5.49. The summed E-state index contributed by atoms with van der Waals surface area (Å²) < 4.78 is 5.89. The number of aromatic nitrogens is 3. The van der Waals surface area contributed by atoms with Crippen LogP contribution in [-0.2, 0) is 0 Å². The van der Waals surface area contributed by atoms with Gasteiger partial charge in [0, 0.05) is 17.1 Å². The zero-order valence-electron chi connectivity index (χ0n) is 13.2. The van der Waals surface area contributed by atoms with Gasteiger partial charge in [-0.15, -0.1) is 0 Å². The Hall–Kier alpha value is -3.27. The first-order valence-corrected chi connectivity index (χ1v) is 7.72.